The SMILES string of the molecule is CC(=O)NCCNC(=O)CC12CC3CC(CC(Br)(C3)C1)C2. The normalized spacial score (nSPS) is 40.1. The van der Waals surface area contributed by atoms with Gasteiger partial charge in [0, 0.05) is 30.8 Å². The zero-order valence-corrected chi connectivity index (χ0v) is 14.3. The Morgan fingerprint density at radius 3 is 2.29 bits per heavy atom. The van der Waals surface area contributed by atoms with E-state index in [-0.39, 0.29) is 17.2 Å². The molecule has 4 fully saturated rings. The lowest BCUT2D eigenvalue weighted by Gasteiger charge is -2.60. The molecule has 118 valence electrons. The van der Waals surface area contributed by atoms with Gasteiger partial charge in [-0.05, 0) is 55.8 Å². The number of carbonyl (C=O) groups excluding carboxylic acids is 2. The van der Waals surface area contributed by atoms with Crippen LogP contribution in [0, 0.1) is 17.3 Å². The van der Waals surface area contributed by atoms with Gasteiger partial charge in [-0.3, -0.25) is 9.59 Å². The van der Waals surface area contributed by atoms with Crippen LogP contribution in [0.25, 0.3) is 0 Å². The lowest BCUT2D eigenvalue weighted by atomic mass is 9.48. The second-order valence-corrected chi connectivity index (χ2v) is 9.30. The summed E-state index contributed by atoms with van der Waals surface area (Å²) in [4.78, 5) is 23.0. The average molecular weight is 357 g/mol. The van der Waals surface area contributed by atoms with Gasteiger partial charge < -0.3 is 10.6 Å². The highest BCUT2D eigenvalue weighted by atomic mass is 79.9. The van der Waals surface area contributed by atoms with Gasteiger partial charge in [0.1, 0.15) is 0 Å². The van der Waals surface area contributed by atoms with Crippen LogP contribution in [0.2, 0.25) is 0 Å². The molecule has 4 aliphatic rings. The third-order valence-corrected chi connectivity index (χ3v) is 6.40. The first-order chi connectivity index (χ1) is 9.88. The van der Waals surface area contributed by atoms with E-state index in [4.69, 9.17) is 0 Å². The van der Waals surface area contributed by atoms with Crippen LogP contribution in [0.5, 0.6) is 0 Å². The van der Waals surface area contributed by atoms with Gasteiger partial charge in [-0.2, -0.15) is 0 Å². The van der Waals surface area contributed by atoms with E-state index in [1.807, 2.05) is 0 Å². The van der Waals surface area contributed by atoms with Crippen molar-refractivity contribution in [2.45, 2.75) is 56.2 Å². The molecule has 4 nitrogen and oxygen atoms in total. The molecule has 4 bridgehead atoms. The van der Waals surface area contributed by atoms with E-state index in [1.54, 1.807) is 0 Å². The molecule has 0 saturated heterocycles. The Balaban J connectivity index is 1.52. The molecule has 0 aromatic carbocycles. The van der Waals surface area contributed by atoms with Gasteiger partial charge in [-0.15, -0.1) is 0 Å². The van der Waals surface area contributed by atoms with Crippen LogP contribution in [-0.2, 0) is 9.59 Å². The summed E-state index contributed by atoms with van der Waals surface area (Å²) in [5.74, 6) is 1.74. The largest absolute Gasteiger partial charge is 0.355 e. The van der Waals surface area contributed by atoms with E-state index in [1.165, 1.54) is 39.0 Å². The van der Waals surface area contributed by atoms with Crippen LogP contribution in [0.3, 0.4) is 0 Å². The Kier molecular flexibility index (Phi) is 4.06. The van der Waals surface area contributed by atoms with Gasteiger partial charge in [-0.25, -0.2) is 0 Å². The lowest BCUT2D eigenvalue weighted by molar-refractivity contribution is -0.128. The van der Waals surface area contributed by atoms with Crippen LogP contribution >= 0.6 is 15.9 Å². The first kappa shape index (κ1) is 15.3. The number of carbonyl (C=O) groups is 2. The molecule has 4 rings (SSSR count). The van der Waals surface area contributed by atoms with E-state index >= 15 is 0 Å². The molecule has 0 spiro atoms. The minimum Gasteiger partial charge on any atom is -0.355 e. The first-order valence-corrected chi connectivity index (χ1v) is 8.88. The number of halogens is 1. The third-order valence-electron chi connectivity index (χ3n) is 5.47. The molecule has 2 atom stereocenters. The smallest absolute Gasteiger partial charge is 0.220 e. The molecular weight excluding hydrogens is 332 g/mol. The van der Waals surface area contributed by atoms with Crippen molar-refractivity contribution in [3.05, 3.63) is 0 Å². The predicted octanol–water partition coefficient (Wildman–Crippen LogP) is 2.36. The maximum atomic E-state index is 12.2. The highest BCUT2D eigenvalue weighted by Gasteiger charge is 2.57. The molecule has 5 heteroatoms. The second-order valence-electron chi connectivity index (χ2n) is 7.62. The van der Waals surface area contributed by atoms with Crippen LogP contribution < -0.4 is 10.6 Å². The van der Waals surface area contributed by atoms with Gasteiger partial charge in [0.2, 0.25) is 11.8 Å². The molecule has 2 amide bonds. The molecular formula is C16H25BrN2O2. The van der Waals surface area contributed by atoms with Crippen molar-refractivity contribution in [1.82, 2.24) is 10.6 Å². The number of alkyl halides is 1. The maximum absolute atomic E-state index is 12.2. The monoisotopic (exact) mass is 356 g/mol. The fourth-order valence-electron chi connectivity index (χ4n) is 5.39. The fraction of sp³-hybridized carbons (Fsp3) is 0.875. The van der Waals surface area contributed by atoms with Crippen molar-refractivity contribution in [1.29, 1.82) is 0 Å². The maximum Gasteiger partial charge on any atom is 0.220 e. The van der Waals surface area contributed by atoms with Crippen molar-refractivity contribution >= 4 is 27.7 Å². The van der Waals surface area contributed by atoms with Crippen molar-refractivity contribution in [2.75, 3.05) is 13.1 Å². The topological polar surface area (TPSA) is 58.2 Å². The number of rotatable bonds is 5. The van der Waals surface area contributed by atoms with Crippen molar-refractivity contribution < 1.29 is 9.59 Å². The summed E-state index contributed by atoms with van der Waals surface area (Å²) in [5, 5.41) is 5.66. The lowest BCUT2D eigenvalue weighted by Crippen LogP contribution is -2.54. The van der Waals surface area contributed by atoms with Gasteiger partial charge in [-0.1, -0.05) is 15.9 Å². The molecule has 21 heavy (non-hydrogen) atoms. The Hall–Kier alpha value is -0.580. The van der Waals surface area contributed by atoms with E-state index in [9.17, 15) is 9.59 Å². The van der Waals surface area contributed by atoms with Gasteiger partial charge in [0.15, 0.2) is 0 Å². The Labute approximate surface area is 134 Å². The third kappa shape index (κ3) is 3.43. The molecule has 2 N–H and O–H groups in total. The van der Waals surface area contributed by atoms with E-state index in [0.717, 1.165) is 18.3 Å². The predicted molar refractivity (Wildman–Crippen MR) is 85.1 cm³/mol. The fourth-order valence-corrected chi connectivity index (χ4v) is 6.90. The minimum absolute atomic E-state index is 0.0495. The highest BCUT2D eigenvalue weighted by Crippen LogP contribution is 2.65. The first-order valence-electron chi connectivity index (χ1n) is 8.08. The second kappa shape index (κ2) is 5.56. The summed E-state index contributed by atoms with van der Waals surface area (Å²) >= 11 is 3.98. The van der Waals surface area contributed by atoms with Crippen molar-refractivity contribution in [3.63, 3.8) is 0 Å². The van der Waals surface area contributed by atoms with Gasteiger partial charge in [0.25, 0.3) is 0 Å². The van der Waals surface area contributed by atoms with E-state index in [0.29, 0.717) is 23.8 Å². The van der Waals surface area contributed by atoms with Crippen molar-refractivity contribution in [2.24, 2.45) is 17.3 Å². The molecule has 4 aliphatic carbocycles. The summed E-state index contributed by atoms with van der Waals surface area (Å²) in [5.41, 5.74) is 0.228. The standard InChI is InChI=1S/C16H25BrN2O2/c1-11(20)18-2-3-19-14(21)9-15-5-12-4-13(6-15)8-16(17,7-12)10-15/h12-13H,2-10H2,1H3,(H,18,20)(H,19,21). The molecule has 0 aliphatic heterocycles. The molecule has 0 radical (unpaired) electrons. The van der Waals surface area contributed by atoms with Crippen LogP contribution in [0.1, 0.15) is 51.9 Å². The number of hydrogen-bond donors (Lipinski definition) is 2. The minimum atomic E-state index is -0.0495. The molecule has 0 aromatic heterocycles. The highest BCUT2D eigenvalue weighted by molar-refractivity contribution is 9.10. The zero-order valence-electron chi connectivity index (χ0n) is 12.7. The quantitative estimate of drug-likeness (QED) is 0.586. The van der Waals surface area contributed by atoms with E-state index in [2.05, 4.69) is 26.6 Å². The summed E-state index contributed by atoms with van der Waals surface area (Å²) < 4.78 is 0.313. The number of hydrogen-bond acceptors (Lipinski definition) is 2. The average Bonchev–Trinajstić information content (AvgIpc) is 2.30. The van der Waals surface area contributed by atoms with Crippen LogP contribution in [0.4, 0.5) is 0 Å². The number of nitrogens with one attached hydrogen (secondary N) is 2. The number of amides is 2. The summed E-state index contributed by atoms with van der Waals surface area (Å²) in [6.45, 7) is 2.54. The van der Waals surface area contributed by atoms with Crippen molar-refractivity contribution in [3.8, 4) is 0 Å². The Morgan fingerprint density at radius 1 is 1.10 bits per heavy atom. The van der Waals surface area contributed by atoms with E-state index < -0.39 is 0 Å². The molecule has 4 saturated carbocycles. The summed E-state index contributed by atoms with van der Waals surface area (Å²) in [7, 11) is 0. The summed E-state index contributed by atoms with van der Waals surface area (Å²) in [6.07, 6.45) is 8.26. The van der Waals surface area contributed by atoms with Crippen LogP contribution in [-0.4, -0.2) is 29.2 Å². The molecule has 0 aromatic rings. The van der Waals surface area contributed by atoms with Gasteiger partial charge >= 0.3 is 0 Å². The summed E-state index contributed by atoms with van der Waals surface area (Å²) in [6, 6.07) is 0. The Bertz CT molecular complexity index is 438. The Morgan fingerprint density at radius 2 is 1.71 bits per heavy atom. The molecule has 0 heterocycles. The zero-order chi connectivity index (χ0) is 15.1. The van der Waals surface area contributed by atoms with Crippen LogP contribution in [0.15, 0.2) is 0 Å². The van der Waals surface area contributed by atoms with Gasteiger partial charge in [0.05, 0.1) is 0 Å². The molecule has 2 unspecified atom stereocenters.